The molecule has 7 nitrogen and oxygen atoms in total. The van der Waals surface area contributed by atoms with Crippen LogP contribution in [0.15, 0.2) is 30.3 Å². The Morgan fingerprint density at radius 2 is 1.67 bits per heavy atom. The monoisotopic (exact) mass is 456 g/mol. The first-order valence-corrected chi connectivity index (χ1v) is 12.7. The molecule has 2 aliphatic heterocycles. The second kappa shape index (κ2) is 10.9. The zero-order valence-electron chi connectivity index (χ0n) is 20.2. The van der Waals surface area contributed by atoms with E-state index < -0.39 is 5.54 Å². The average Bonchev–Trinajstić information content (AvgIpc) is 3.27. The Morgan fingerprint density at radius 3 is 2.30 bits per heavy atom. The van der Waals surface area contributed by atoms with Gasteiger partial charge in [-0.25, -0.2) is 4.79 Å². The molecular weight excluding hydrogens is 416 g/mol. The maximum atomic E-state index is 13.6. The van der Waals surface area contributed by atoms with Crippen LogP contribution in [0.4, 0.5) is 4.79 Å². The van der Waals surface area contributed by atoms with Crippen LogP contribution in [0, 0.1) is 5.92 Å². The third-order valence-corrected chi connectivity index (χ3v) is 7.43. The molecule has 182 valence electrons. The van der Waals surface area contributed by atoms with Gasteiger partial charge in [0, 0.05) is 39.3 Å². The molecule has 7 heteroatoms. The lowest BCUT2D eigenvalue weighted by molar-refractivity contribution is -0.139. The van der Waals surface area contributed by atoms with Crippen LogP contribution in [0.1, 0.15) is 57.9 Å². The van der Waals surface area contributed by atoms with Gasteiger partial charge in [0.2, 0.25) is 5.91 Å². The number of nitrogens with zero attached hydrogens (tertiary/aromatic N) is 2. The molecule has 1 aliphatic carbocycles. The quantitative estimate of drug-likeness (QED) is 0.690. The lowest BCUT2D eigenvalue weighted by Crippen LogP contribution is -2.61. The summed E-state index contributed by atoms with van der Waals surface area (Å²) < 4.78 is 5.86. The number of ether oxygens (including phenoxy) is 1. The topological polar surface area (TPSA) is 73.9 Å². The van der Waals surface area contributed by atoms with Gasteiger partial charge in [-0.1, -0.05) is 43.2 Å². The number of carbonyl (C=O) groups excluding carboxylic acids is 2. The summed E-state index contributed by atoms with van der Waals surface area (Å²) in [7, 11) is 0. The van der Waals surface area contributed by atoms with Gasteiger partial charge < -0.3 is 20.3 Å². The summed E-state index contributed by atoms with van der Waals surface area (Å²) in [5, 5.41) is 6.01. The number of hydrogen-bond donors (Lipinski definition) is 2. The second-order valence-corrected chi connectivity index (χ2v) is 10.3. The van der Waals surface area contributed by atoms with Crippen LogP contribution < -0.4 is 10.6 Å². The highest BCUT2D eigenvalue weighted by Gasteiger charge is 2.45. The van der Waals surface area contributed by atoms with Crippen LogP contribution in [0.5, 0.6) is 0 Å². The number of likely N-dealkylation sites (tertiary alicyclic amines) is 1. The smallest absolute Gasteiger partial charge is 0.315 e. The number of amides is 3. The van der Waals surface area contributed by atoms with Gasteiger partial charge in [-0.15, -0.1) is 0 Å². The largest absolute Gasteiger partial charge is 0.373 e. The summed E-state index contributed by atoms with van der Waals surface area (Å²) >= 11 is 0. The Kier molecular flexibility index (Phi) is 7.91. The average molecular weight is 457 g/mol. The summed E-state index contributed by atoms with van der Waals surface area (Å²) in [4.78, 5) is 30.8. The molecule has 3 amide bonds. The molecule has 2 atom stereocenters. The molecule has 4 rings (SSSR count). The lowest BCUT2D eigenvalue weighted by atomic mass is 9.91. The van der Waals surface area contributed by atoms with Crippen LogP contribution in [0.2, 0.25) is 0 Å². The van der Waals surface area contributed by atoms with Crippen molar-refractivity contribution in [2.75, 3.05) is 32.7 Å². The molecule has 0 radical (unpaired) electrons. The van der Waals surface area contributed by atoms with Crippen LogP contribution in [0.3, 0.4) is 0 Å². The molecule has 0 bridgehead atoms. The zero-order valence-corrected chi connectivity index (χ0v) is 20.2. The molecule has 1 saturated carbocycles. The normalized spacial score (nSPS) is 26.2. The van der Waals surface area contributed by atoms with Crippen molar-refractivity contribution in [2.45, 2.75) is 76.7 Å². The fraction of sp³-hybridized carbons (Fsp3) is 0.692. The molecule has 33 heavy (non-hydrogen) atoms. The van der Waals surface area contributed by atoms with Crippen molar-refractivity contribution >= 4 is 11.9 Å². The molecule has 2 unspecified atom stereocenters. The van der Waals surface area contributed by atoms with Gasteiger partial charge >= 0.3 is 6.03 Å². The van der Waals surface area contributed by atoms with Gasteiger partial charge in [-0.3, -0.25) is 9.69 Å². The fourth-order valence-corrected chi connectivity index (χ4v) is 5.83. The number of urea groups is 1. The summed E-state index contributed by atoms with van der Waals surface area (Å²) in [6.45, 7) is 9.40. The zero-order chi connectivity index (χ0) is 23.3. The minimum absolute atomic E-state index is 0.113. The highest BCUT2D eigenvalue weighted by Crippen LogP contribution is 2.33. The number of piperidine rings is 1. The predicted molar refractivity (Wildman–Crippen MR) is 129 cm³/mol. The Hall–Kier alpha value is -2.12. The van der Waals surface area contributed by atoms with E-state index in [1.54, 1.807) is 0 Å². The Balaban J connectivity index is 1.28. The van der Waals surface area contributed by atoms with E-state index in [1.165, 1.54) is 0 Å². The standard InChI is InChI=1S/C26H40N4O3/c1-20-17-29(18-21(2)33-20)19-23-10-14-30(15-11-23)24(31)26(12-6-7-13-26)28-25(32)27-16-22-8-4-3-5-9-22/h3-5,8-9,20-21,23H,6-7,10-19H2,1-2H3,(H2,27,28,32). The molecule has 1 aromatic rings. The number of hydrogen-bond acceptors (Lipinski definition) is 4. The third-order valence-electron chi connectivity index (χ3n) is 7.43. The molecule has 3 aliphatic rings. The van der Waals surface area contributed by atoms with E-state index >= 15 is 0 Å². The third kappa shape index (κ3) is 6.27. The van der Waals surface area contributed by atoms with Crippen molar-refractivity contribution in [3.05, 3.63) is 35.9 Å². The van der Waals surface area contributed by atoms with Gasteiger partial charge in [0.15, 0.2) is 0 Å². The Morgan fingerprint density at radius 1 is 1.03 bits per heavy atom. The molecular formula is C26H40N4O3. The molecule has 0 spiro atoms. The van der Waals surface area contributed by atoms with Crippen molar-refractivity contribution in [1.82, 2.24) is 20.4 Å². The van der Waals surface area contributed by atoms with Crippen LogP contribution >= 0.6 is 0 Å². The van der Waals surface area contributed by atoms with Crippen molar-refractivity contribution < 1.29 is 14.3 Å². The Labute approximate surface area is 198 Å². The summed E-state index contributed by atoms with van der Waals surface area (Å²) in [5.74, 6) is 0.732. The van der Waals surface area contributed by atoms with Crippen molar-refractivity contribution in [1.29, 1.82) is 0 Å². The maximum Gasteiger partial charge on any atom is 0.315 e. The summed E-state index contributed by atoms with van der Waals surface area (Å²) in [6.07, 6.45) is 6.06. The van der Waals surface area contributed by atoms with Crippen molar-refractivity contribution in [2.24, 2.45) is 5.92 Å². The summed E-state index contributed by atoms with van der Waals surface area (Å²) in [5.41, 5.74) is 0.299. The van der Waals surface area contributed by atoms with E-state index in [1.807, 2.05) is 35.2 Å². The second-order valence-electron chi connectivity index (χ2n) is 10.3. The number of rotatable bonds is 6. The minimum atomic E-state index is -0.747. The Bertz CT molecular complexity index is 778. The first-order chi connectivity index (χ1) is 15.9. The van der Waals surface area contributed by atoms with E-state index in [9.17, 15) is 9.59 Å². The molecule has 2 N–H and O–H groups in total. The van der Waals surface area contributed by atoms with Gasteiger partial charge in [0.1, 0.15) is 5.54 Å². The fourth-order valence-electron chi connectivity index (χ4n) is 5.83. The molecule has 3 fully saturated rings. The van der Waals surface area contributed by atoms with Crippen LogP contribution in [0.25, 0.3) is 0 Å². The van der Waals surface area contributed by atoms with Gasteiger partial charge in [0.25, 0.3) is 0 Å². The van der Waals surface area contributed by atoms with Gasteiger partial charge in [-0.05, 0) is 51.0 Å². The van der Waals surface area contributed by atoms with E-state index in [-0.39, 0.29) is 24.1 Å². The van der Waals surface area contributed by atoms with E-state index in [2.05, 4.69) is 29.4 Å². The van der Waals surface area contributed by atoms with Gasteiger partial charge in [0.05, 0.1) is 12.2 Å². The minimum Gasteiger partial charge on any atom is -0.373 e. The van der Waals surface area contributed by atoms with E-state index in [0.29, 0.717) is 12.5 Å². The van der Waals surface area contributed by atoms with E-state index in [4.69, 9.17) is 4.74 Å². The number of morpholine rings is 1. The van der Waals surface area contributed by atoms with E-state index in [0.717, 1.165) is 76.8 Å². The van der Waals surface area contributed by atoms with Crippen molar-refractivity contribution in [3.8, 4) is 0 Å². The first-order valence-electron chi connectivity index (χ1n) is 12.7. The number of carbonyl (C=O) groups is 2. The molecule has 1 aromatic carbocycles. The predicted octanol–water partition coefficient (Wildman–Crippen LogP) is 3.15. The molecule has 2 heterocycles. The molecule has 0 aromatic heterocycles. The number of nitrogens with one attached hydrogen (secondary N) is 2. The summed E-state index contributed by atoms with van der Waals surface area (Å²) in [6, 6.07) is 9.60. The van der Waals surface area contributed by atoms with Crippen LogP contribution in [-0.4, -0.2) is 72.2 Å². The van der Waals surface area contributed by atoms with Crippen molar-refractivity contribution in [3.63, 3.8) is 0 Å². The van der Waals surface area contributed by atoms with Gasteiger partial charge in [-0.2, -0.15) is 0 Å². The first kappa shape index (κ1) is 24.0. The lowest BCUT2D eigenvalue weighted by Gasteiger charge is -2.41. The maximum absolute atomic E-state index is 13.6. The highest BCUT2D eigenvalue weighted by molar-refractivity contribution is 5.91. The highest BCUT2D eigenvalue weighted by atomic mass is 16.5. The van der Waals surface area contributed by atoms with Crippen LogP contribution in [-0.2, 0) is 16.1 Å². The SMILES string of the molecule is CC1CN(CC2CCN(C(=O)C3(NC(=O)NCc4ccccc4)CCCC3)CC2)CC(C)O1. The number of benzene rings is 1. The molecule has 2 saturated heterocycles.